The van der Waals surface area contributed by atoms with E-state index in [1.54, 1.807) is 0 Å². The molecule has 0 aliphatic rings. The van der Waals surface area contributed by atoms with Gasteiger partial charge in [0, 0.05) is 0 Å². The van der Waals surface area contributed by atoms with Crippen molar-refractivity contribution in [2.75, 3.05) is 6.61 Å². The molecule has 0 fully saturated rings. The summed E-state index contributed by atoms with van der Waals surface area (Å²) in [5.41, 5.74) is -1.62. The number of hydrogen-bond donors (Lipinski definition) is 2. The quantitative estimate of drug-likeness (QED) is 0.560. The Kier molecular flexibility index (Phi) is 5.93. The fourth-order valence-electron chi connectivity index (χ4n) is 1.01. The molecule has 3 nitrogen and oxygen atoms in total. The lowest BCUT2D eigenvalue weighted by Gasteiger charge is -2.16. The zero-order chi connectivity index (χ0) is 9.45. The van der Waals surface area contributed by atoms with Crippen LogP contribution in [0.15, 0.2) is 0 Å². The predicted molar refractivity (Wildman–Crippen MR) is 46.5 cm³/mol. The van der Waals surface area contributed by atoms with Crippen LogP contribution in [0, 0.1) is 0 Å². The van der Waals surface area contributed by atoms with E-state index < -0.39 is 12.2 Å². The fourth-order valence-corrected chi connectivity index (χ4v) is 1.01. The van der Waals surface area contributed by atoms with E-state index in [1.807, 2.05) is 0 Å². The molecule has 1 radical (unpaired) electrons. The Hall–Kier alpha value is -0.410. The van der Waals surface area contributed by atoms with Crippen LogP contribution in [0.3, 0.4) is 0 Å². The van der Waals surface area contributed by atoms with Crippen molar-refractivity contribution in [1.29, 1.82) is 0 Å². The van der Waals surface area contributed by atoms with Crippen LogP contribution >= 0.6 is 0 Å². The maximum Gasteiger partial charge on any atom is 0.235 e. The van der Waals surface area contributed by atoms with Crippen LogP contribution in [0.5, 0.6) is 0 Å². The molecule has 0 amide bonds. The first-order valence-electron chi connectivity index (χ1n) is 4.41. The van der Waals surface area contributed by atoms with Gasteiger partial charge >= 0.3 is 0 Å². The van der Waals surface area contributed by atoms with Gasteiger partial charge < -0.3 is 10.2 Å². The maximum absolute atomic E-state index is 10.2. The lowest BCUT2D eigenvalue weighted by molar-refractivity contribution is 0.0334. The van der Waals surface area contributed by atoms with Gasteiger partial charge in [-0.15, -0.1) is 0 Å². The van der Waals surface area contributed by atoms with Crippen molar-refractivity contribution in [1.82, 2.24) is 0 Å². The highest BCUT2D eigenvalue weighted by atomic mass is 16.3. The summed E-state index contributed by atoms with van der Waals surface area (Å²) in [6.07, 6.45) is 5.73. The second-order valence-corrected chi connectivity index (χ2v) is 3.10. The third kappa shape index (κ3) is 4.46. The number of hydrogen-bond acceptors (Lipinski definition) is 3. The first-order valence-corrected chi connectivity index (χ1v) is 4.41. The molecule has 3 heteroatoms. The zero-order valence-electron chi connectivity index (χ0n) is 7.55. The molecule has 0 aromatic carbocycles. The summed E-state index contributed by atoms with van der Waals surface area (Å²) in [4.78, 5) is 10.2. The number of unbranched alkanes of at least 4 members (excludes halogenated alkanes) is 3. The highest BCUT2D eigenvalue weighted by molar-refractivity contribution is 5.62. The molecule has 0 saturated heterocycles. The van der Waals surface area contributed by atoms with Gasteiger partial charge in [0.2, 0.25) is 6.29 Å². The zero-order valence-corrected chi connectivity index (χ0v) is 7.55. The highest BCUT2D eigenvalue weighted by Gasteiger charge is 2.25. The van der Waals surface area contributed by atoms with Crippen LogP contribution in [-0.4, -0.2) is 28.7 Å². The summed E-state index contributed by atoms with van der Waals surface area (Å²) in [6, 6.07) is 0. The van der Waals surface area contributed by atoms with Crippen molar-refractivity contribution in [2.24, 2.45) is 0 Å². The minimum atomic E-state index is -1.62. The number of aliphatic hydroxyl groups is 2. The molecule has 0 rings (SSSR count). The topological polar surface area (TPSA) is 57.5 Å². The van der Waals surface area contributed by atoms with Crippen molar-refractivity contribution in [3.05, 3.63) is 0 Å². The third-order valence-electron chi connectivity index (χ3n) is 1.90. The smallest absolute Gasteiger partial charge is 0.235 e. The summed E-state index contributed by atoms with van der Waals surface area (Å²) in [6.45, 7) is 1.56. The maximum atomic E-state index is 10.2. The molecular weight excluding hydrogens is 156 g/mol. The first kappa shape index (κ1) is 11.6. The summed E-state index contributed by atoms with van der Waals surface area (Å²) in [7, 11) is 0. The van der Waals surface area contributed by atoms with Crippen molar-refractivity contribution in [3.63, 3.8) is 0 Å². The van der Waals surface area contributed by atoms with E-state index in [9.17, 15) is 9.90 Å². The average Bonchev–Trinajstić information content (AvgIpc) is 2.12. The second-order valence-electron chi connectivity index (χ2n) is 3.10. The Labute approximate surface area is 73.4 Å². The van der Waals surface area contributed by atoms with Gasteiger partial charge in [-0.05, 0) is 6.42 Å². The van der Waals surface area contributed by atoms with Gasteiger partial charge in [-0.2, -0.15) is 0 Å². The van der Waals surface area contributed by atoms with Gasteiger partial charge in [-0.3, -0.25) is 4.79 Å². The number of aliphatic hydroxyl groups excluding tert-OH is 1. The standard InChI is InChI=1S/C9H17O3/c1-2-3-4-5-6-9(12,7-10)8-11/h10,12H,2-7H2,1H3. The number of rotatable bonds is 7. The largest absolute Gasteiger partial charge is 0.393 e. The summed E-state index contributed by atoms with van der Waals surface area (Å²) < 4.78 is 0. The van der Waals surface area contributed by atoms with E-state index in [0.29, 0.717) is 6.42 Å². The van der Waals surface area contributed by atoms with E-state index in [1.165, 1.54) is 6.29 Å². The highest BCUT2D eigenvalue weighted by Crippen LogP contribution is 2.12. The van der Waals surface area contributed by atoms with E-state index >= 15 is 0 Å². The average molecular weight is 173 g/mol. The van der Waals surface area contributed by atoms with E-state index in [-0.39, 0.29) is 0 Å². The van der Waals surface area contributed by atoms with Crippen LogP contribution < -0.4 is 0 Å². The van der Waals surface area contributed by atoms with Crippen LogP contribution in [0.1, 0.15) is 39.0 Å². The first-order chi connectivity index (χ1) is 5.68. The molecule has 12 heavy (non-hydrogen) atoms. The van der Waals surface area contributed by atoms with Gasteiger partial charge in [-0.25, -0.2) is 0 Å². The monoisotopic (exact) mass is 173 g/mol. The molecule has 71 valence electrons. The molecule has 0 aliphatic carbocycles. The molecule has 2 N–H and O–H groups in total. The van der Waals surface area contributed by atoms with Crippen molar-refractivity contribution in [2.45, 2.75) is 44.6 Å². The number of carbonyl (C=O) groups excluding carboxylic acids is 1. The normalized spacial score (nSPS) is 15.6. The summed E-state index contributed by atoms with van der Waals surface area (Å²) in [5.74, 6) is 0. The van der Waals surface area contributed by atoms with Crippen LogP contribution in [-0.2, 0) is 4.79 Å². The Morgan fingerprint density at radius 1 is 1.33 bits per heavy atom. The minimum absolute atomic E-state index is 0.312. The van der Waals surface area contributed by atoms with Gasteiger partial charge in [0.25, 0.3) is 0 Å². The molecule has 1 unspecified atom stereocenters. The molecule has 0 bridgehead atoms. The fraction of sp³-hybridized carbons (Fsp3) is 0.889. The predicted octanol–water partition coefficient (Wildman–Crippen LogP) is 0.790. The molecule has 0 saturated carbocycles. The van der Waals surface area contributed by atoms with Crippen LogP contribution in [0.4, 0.5) is 0 Å². The molecule has 0 aromatic rings. The minimum Gasteiger partial charge on any atom is -0.393 e. The van der Waals surface area contributed by atoms with Crippen molar-refractivity contribution < 1.29 is 15.0 Å². The Balaban J connectivity index is 3.51. The summed E-state index contributed by atoms with van der Waals surface area (Å²) >= 11 is 0. The Morgan fingerprint density at radius 3 is 2.42 bits per heavy atom. The Morgan fingerprint density at radius 2 is 2.00 bits per heavy atom. The van der Waals surface area contributed by atoms with Crippen molar-refractivity contribution in [3.8, 4) is 0 Å². The summed E-state index contributed by atoms with van der Waals surface area (Å²) in [5, 5.41) is 17.9. The lowest BCUT2D eigenvalue weighted by Crippen LogP contribution is -2.34. The van der Waals surface area contributed by atoms with Crippen molar-refractivity contribution >= 4 is 6.29 Å². The molecular formula is C9H17O3. The van der Waals surface area contributed by atoms with Crippen LogP contribution in [0.25, 0.3) is 0 Å². The SMILES string of the molecule is CCCCCCC(O)([C]=O)CO. The molecule has 0 heterocycles. The molecule has 1 atom stereocenters. The lowest BCUT2D eigenvalue weighted by atomic mass is 9.98. The van der Waals surface area contributed by atoms with Crippen LogP contribution in [0.2, 0.25) is 0 Å². The van der Waals surface area contributed by atoms with Gasteiger partial charge in [0.15, 0.2) is 5.60 Å². The Bertz CT molecular complexity index is 125. The second kappa shape index (κ2) is 6.14. The van der Waals surface area contributed by atoms with E-state index in [4.69, 9.17) is 5.11 Å². The van der Waals surface area contributed by atoms with Gasteiger partial charge in [-0.1, -0.05) is 32.6 Å². The molecule has 0 spiro atoms. The molecule has 0 aliphatic heterocycles. The third-order valence-corrected chi connectivity index (χ3v) is 1.90. The van der Waals surface area contributed by atoms with E-state index in [2.05, 4.69) is 6.92 Å². The van der Waals surface area contributed by atoms with E-state index in [0.717, 1.165) is 25.7 Å². The van der Waals surface area contributed by atoms with Gasteiger partial charge in [0.05, 0.1) is 6.61 Å². The molecule has 0 aromatic heterocycles. The van der Waals surface area contributed by atoms with Gasteiger partial charge in [0.1, 0.15) is 0 Å².